The van der Waals surface area contributed by atoms with E-state index in [0.29, 0.717) is 0 Å². The molecule has 0 bridgehead atoms. The Labute approximate surface area is 221 Å². The number of hydrogen-bond acceptors (Lipinski definition) is 1. The fraction of sp³-hybridized carbons (Fsp3) is 0.167. The van der Waals surface area contributed by atoms with Crippen molar-refractivity contribution in [2.45, 2.75) is 38.5 Å². The summed E-state index contributed by atoms with van der Waals surface area (Å²) in [6.07, 6.45) is 3.40. The molecule has 0 fully saturated rings. The molecule has 6 rings (SSSR count). The highest BCUT2D eigenvalue weighted by Gasteiger charge is 2.36. The van der Waals surface area contributed by atoms with E-state index in [9.17, 15) is 0 Å². The fourth-order valence-corrected chi connectivity index (χ4v) is 5.81. The van der Waals surface area contributed by atoms with Crippen molar-refractivity contribution in [2.75, 3.05) is 4.90 Å². The normalized spacial score (nSPS) is 13.1. The number of anilines is 3. The van der Waals surface area contributed by atoms with Crippen LogP contribution in [-0.2, 0) is 18.3 Å². The first kappa shape index (κ1) is 23.3. The van der Waals surface area contributed by atoms with Gasteiger partial charge in [0.05, 0.1) is 0 Å². The van der Waals surface area contributed by atoms with E-state index in [0.717, 1.165) is 12.8 Å². The lowest BCUT2D eigenvalue weighted by Crippen LogP contribution is -2.17. The first-order valence-electron chi connectivity index (χ1n) is 13.3. The average Bonchev–Trinajstić information content (AvgIpc) is 3.16. The van der Waals surface area contributed by atoms with Crippen LogP contribution < -0.4 is 4.90 Å². The molecule has 5 aromatic carbocycles. The van der Waals surface area contributed by atoms with Gasteiger partial charge in [-0.05, 0) is 89.0 Å². The molecule has 1 aliphatic rings. The summed E-state index contributed by atoms with van der Waals surface area (Å²) in [7, 11) is 0. The molecule has 37 heavy (non-hydrogen) atoms. The van der Waals surface area contributed by atoms with Gasteiger partial charge in [0.1, 0.15) is 0 Å². The highest BCUT2D eigenvalue weighted by Crippen LogP contribution is 2.51. The zero-order valence-electron chi connectivity index (χ0n) is 21.7. The standard InChI is InChI=1S/C36H33N/c1-36(2)34-25-28(16-12-15-27-13-6-3-7-14-27)21-23-32(34)33-24-22-31(26-35(33)36)37(29-17-8-4-9-18-29)30-19-10-5-11-20-30/h3-11,13-14,17-26H,12,15-16H2,1-2H3. The topological polar surface area (TPSA) is 3.24 Å². The molecule has 0 aliphatic heterocycles. The van der Waals surface area contributed by atoms with Crippen LogP contribution in [0.5, 0.6) is 0 Å². The number of para-hydroxylation sites is 2. The molecule has 1 heteroatoms. The average molecular weight is 480 g/mol. The third-order valence-electron chi connectivity index (χ3n) is 7.78. The monoisotopic (exact) mass is 479 g/mol. The van der Waals surface area contributed by atoms with Crippen molar-refractivity contribution in [3.8, 4) is 11.1 Å². The van der Waals surface area contributed by atoms with Crippen LogP contribution in [0.1, 0.15) is 42.5 Å². The van der Waals surface area contributed by atoms with Crippen molar-refractivity contribution in [1.82, 2.24) is 0 Å². The molecule has 0 heterocycles. The molecule has 0 atom stereocenters. The lowest BCUT2D eigenvalue weighted by atomic mass is 9.81. The van der Waals surface area contributed by atoms with Crippen LogP contribution in [0.3, 0.4) is 0 Å². The summed E-state index contributed by atoms with van der Waals surface area (Å²) in [5.74, 6) is 0. The smallest absolute Gasteiger partial charge is 0.0465 e. The predicted molar refractivity (Wildman–Crippen MR) is 157 cm³/mol. The summed E-state index contributed by atoms with van der Waals surface area (Å²) in [6.45, 7) is 4.76. The Morgan fingerprint density at radius 2 is 1.00 bits per heavy atom. The first-order valence-corrected chi connectivity index (χ1v) is 13.3. The fourth-order valence-electron chi connectivity index (χ4n) is 5.81. The zero-order valence-corrected chi connectivity index (χ0v) is 21.7. The SMILES string of the molecule is CC1(C)c2cc(CCCc3ccccc3)ccc2-c2ccc(N(c3ccccc3)c3ccccc3)cc21. The Morgan fingerprint density at radius 1 is 0.486 bits per heavy atom. The zero-order chi connectivity index (χ0) is 25.2. The second-order valence-electron chi connectivity index (χ2n) is 10.6. The molecule has 1 aliphatic carbocycles. The van der Waals surface area contributed by atoms with Crippen molar-refractivity contribution in [1.29, 1.82) is 0 Å². The van der Waals surface area contributed by atoms with Crippen LogP contribution in [0.25, 0.3) is 11.1 Å². The van der Waals surface area contributed by atoms with Gasteiger partial charge in [-0.15, -0.1) is 0 Å². The third kappa shape index (κ3) is 4.47. The van der Waals surface area contributed by atoms with E-state index in [1.807, 2.05) is 0 Å². The van der Waals surface area contributed by atoms with E-state index < -0.39 is 0 Å². The van der Waals surface area contributed by atoms with Gasteiger partial charge in [-0.3, -0.25) is 0 Å². The lowest BCUT2D eigenvalue weighted by molar-refractivity contribution is 0.658. The molecule has 0 unspecified atom stereocenters. The summed E-state index contributed by atoms with van der Waals surface area (Å²) in [5.41, 5.74) is 11.9. The van der Waals surface area contributed by atoms with Crippen molar-refractivity contribution in [2.24, 2.45) is 0 Å². The summed E-state index contributed by atoms with van der Waals surface area (Å²) >= 11 is 0. The summed E-state index contributed by atoms with van der Waals surface area (Å²) < 4.78 is 0. The first-order chi connectivity index (χ1) is 18.1. The number of benzene rings is 5. The van der Waals surface area contributed by atoms with Gasteiger partial charge in [-0.1, -0.05) is 105 Å². The van der Waals surface area contributed by atoms with Crippen LogP contribution >= 0.6 is 0 Å². The molecular formula is C36H33N. The van der Waals surface area contributed by atoms with Gasteiger partial charge < -0.3 is 4.90 Å². The molecule has 182 valence electrons. The molecule has 0 saturated heterocycles. The predicted octanol–water partition coefficient (Wildman–Crippen LogP) is 9.64. The second-order valence-corrected chi connectivity index (χ2v) is 10.6. The van der Waals surface area contributed by atoms with Crippen LogP contribution in [0, 0.1) is 0 Å². The van der Waals surface area contributed by atoms with Gasteiger partial charge >= 0.3 is 0 Å². The largest absolute Gasteiger partial charge is 0.310 e. The molecule has 0 radical (unpaired) electrons. The molecule has 0 saturated carbocycles. The number of hydrogen-bond donors (Lipinski definition) is 0. The van der Waals surface area contributed by atoms with Gasteiger partial charge in [0.2, 0.25) is 0 Å². The van der Waals surface area contributed by atoms with Crippen molar-refractivity contribution in [3.05, 3.63) is 150 Å². The van der Waals surface area contributed by atoms with Crippen LogP contribution in [0.15, 0.2) is 127 Å². The van der Waals surface area contributed by atoms with E-state index in [1.54, 1.807) is 0 Å². The third-order valence-corrected chi connectivity index (χ3v) is 7.78. The molecular weight excluding hydrogens is 446 g/mol. The number of fused-ring (bicyclic) bond motifs is 3. The highest BCUT2D eigenvalue weighted by atomic mass is 15.1. The Kier molecular flexibility index (Phi) is 6.14. The minimum absolute atomic E-state index is 0.0465. The summed E-state index contributed by atoms with van der Waals surface area (Å²) in [5, 5.41) is 0. The van der Waals surface area contributed by atoms with E-state index in [2.05, 4.69) is 146 Å². The van der Waals surface area contributed by atoms with E-state index in [1.165, 1.54) is 56.9 Å². The van der Waals surface area contributed by atoms with E-state index in [4.69, 9.17) is 0 Å². The Balaban J connectivity index is 1.32. The van der Waals surface area contributed by atoms with Crippen molar-refractivity contribution in [3.63, 3.8) is 0 Å². The minimum Gasteiger partial charge on any atom is -0.310 e. The Morgan fingerprint density at radius 3 is 1.62 bits per heavy atom. The minimum atomic E-state index is -0.0465. The second kappa shape index (κ2) is 9.75. The van der Waals surface area contributed by atoms with E-state index in [-0.39, 0.29) is 5.41 Å². The lowest BCUT2D eigenvalue weighted by Gasteiger charge is -2.28. The maximum atomic E-state index is 2.46. The molecule has 0 aromatic heterocycles. The Bertz CT molecular complexity index is 1460. The van der Waals surface area contributed by atoms with Gasteiger partial charge in [-0.25, -0.2) is 0 Å². The summed E-state index contributed by atoms with van der Waals surface area (Å²) in [6, 6.07) is 46.3. The highest BCUT2D eigenvalue weighted by molar-refractivity contribution is 5.85. The quantitative estimate of drug-likeness (QED) is 0.225. The van der Waals surface area contributed by atoms with Crippen molar-refractivity contribution >= 4 is 17.1 Å². The molecule has 1 nitrogen and oxygen atoms in total. The van der Waals surface area contributed by atoms with Crippen LogP contribution in [0.2, 0.25) is 0 Å². The van der Waals surface area contributed by atoms with Crippen LogP contribution in [-0.4, -0.2) is 0 Å². The Hall–Kier alpha value is -4.10. The molecule has 5 aromatic rings. The van der Waals surface area contributed by atoms with E-state index >= 15 is 0 Å². The molecule has 0 spiro atoms. The van der Waals surface area contributed by atoms with Crippen LogP contribution in [0.4, 0.5) is 17.1 Å². The van der Waals surface area contributed by atoms with Crippen molar-refractivity contribution < 1.29 is 0 Å². The number of aryl methyl sites for hydroxylation is 2. The molecule has 0 amide bonds. The maximum absolute atomic E-state index is 2.46. The number of rotatable bonds is 7. The maximum Gasteiger partial charge on any atom is 0.0465 e. The van der Waals surface area contributed by atoms with Gasteiger partial charge in [0.15, 0.2) is 0 Å². The number of nitrogens with zero attached hydrogens (tertiary/aromatic N) is 1. The summed E-state index contributed by atoms with van der Waals surface area (Å²) in [4.78, 5) is 2.36. The van der Waals surface area contributed by atoms with Gasteiger partial charge in [-0.2, -0.15) is 0 Å². The van der Waals surface area contributed by atoms with Gasteiger partial charge in [0.25, 0.3) is 0 Å². The molecule has 0 N–H and O–H groups in total. The van der Waals surface area contributed by atoms with Gasteiger partial charge in [0, 0.05) is 22.5 Å².